The van der Waals surface area contributed by atoms with E-state index < -0.39 is 0 Å². The first-order valence-corrected chi connectivity index (χ1v) is 4.02. The summed E-state index contributed by atoms with van der Waals surface area (Å²) in [7, 11) is 0. The first-order valence-electron chi connectivity index (χ1n) is 4.02. The van der Waals surface area contributed by atoms with E-state index in [-0.39, 0.29) is 0 Å². The van der Waals surface area contributed by atoms with Crippen LogP contribution in [0.5, 0.6) is 0 Å². The van der Waals surface area contributed by atoms with E-state index in [1.54, 1.807) is 0 Å². The average molecular weight is 161 g/mol. The van der Waals surface area contributed by atoms with Crippen molar-refractivity contribution in [2.45, 2.75) is 0 Å². The Morgan fingerprint density at radius 1 is 1.00 bits per heavy atom. The van der Waals surface area contributed by atoms with Crippen molar-refractivity contribution in [3.8, 4) is 0 Å². The molecule has 1 heterocycles. The van der Waals surface area contributed by atoms with Gasteiger partial charge in [0.1, 0.15) is 0 Å². The highest BCUT2D eigenvalue weighted by Gasteiger charge is 2.05. The Hall–Kier alpha value is -1.19. The Labute approximate surface area is 71.5 Å². The van der Waals surface area contributed by atoms with Gasteiger partial charge in [-0.1, -0.05) is 18.2 Å². The van der Waals surface area contributed by atoms with Gasteiger partial charge in [-0.25, -0.2) is 0 Å². The number of benzene rings is 1. The molecule has 0 spiro atoms. The quantitative estimate of drug-likeness (QED) is 0.641. The second-order valence-corrected chi connectivity index (χ2v) is 2.72. The summed E-state index contributed by atoms with van der Waals surface area (Å²) in [5, 5.41) is 0. The third-order valence-corrected chi connectivity index (χ3v) is 1.75. The molecule has 0 amide bonds. The summed E-state index contributed by atoms with van der Waals surface area (Å²) in [5.74, 6) is 0. The van der Waals surface area contributed by atoms with Gasteiger partial charge in [0.2, 0.25) is 0 Å². The van der Waals surface area contributed by atoms with Crippen LogP contribution in [0.15, 0.2) is 35.3 Å². The van der Waals surface area contributed by atoms with Gasteiger partial charge in [-0.3, -0.25) is 15.8 Å². The first-order chi connectivity index (χ1) is 5.95. The number of nitrogens with zero attached hydrogens (tertiary/aromatic N) is 1. The van der Waals surface area contributed by atoms with E-state index in [4.69, 9.17) is 0 Å². The van der Waals surface area contributed by atoms with Gasteiger partial charge < -0.3 is 0 Å². The second-order valence-electron chi connectivity index (χ2n) is 2.72. The minimum absolute atomic E-state index is 0.842. The van der Waals surface area contributed by atoms with Gasteiger partial charge in [-0.2, -0.15) is 0 Å². The van der Waals surface area contributed by atoms with Crippen LogP contribution in [0.3, 0.4) is 0 Å². The maximum Gasteiger partial charge on any atom is 0.0630 e. The lowest BCUT2D eigenvalue weighted by molar-refractivity contribution is 0.689. The molecule has 1 aliphatic heterocycles. The lowest BCUT2D eigenvalue weighted by atomic mass is 10.3. The van der Waals surface area contributed by atoms with E-state index >= 15 is 0 Å². The molecule has 1 aliphatic rings. The molecule has 0 radical (unpaired) electrons. The van der Waals surface area contributed by atoms with Crippen molar-refractivity contribution in [2.75, 3.05) is 13.1 Å². The fourth-order valence-corrected chi connectivity index (χ4v) is 1.16. The maximum absolute atomic E-state index is 4.45. The molecule has 3 heteroatoms. The molecule has 0 unspecified atom stereocenters. The molecule has 1 fully saturated rings. The topological polar surface area (TPSA) is 36.4 Å². The van der Waals surface area contributed by atoms with Gasteiger partial charge >= 0.3 is 0 Å². The number of aliphatic imine (C=N–C) groups is 1. The minimum Gasteiger partial charge on any atom is -0.255 e. The predicted molar refractivity (Wildman–Crippen MR) is 49.5 cm³/mol. The number of nitrogens with one attached hydrogen (secondary N) is 2. The molecule has 62 valence electrons. The van der Waals surface area contributed by atoms with E-state index in [1.165, 1.54) is 0 Å². The molecule has 0 aromatic heterocycles. The van der Waals surface area contributed by atoms with Crippen LogP contribution in [0.2, 0.25) is 0 Å². The Morgan fingerprint density at radius 2 is 1.67 bits per heavy atom. The summed E-state index contributed by atoms with van der Waals surface area (Å²) in [4.78, 5) is 4.45. The third-order valence-electron chi connectivity index (χ3n) is 1.75. The van der Waals surface area contributed by atoms with E-state index in [1.807, 2.05) is 30.3 Å². The highest BCUT2D eigenvalue weighted by molar-refractivity contribution is 5.91. The molecular formula is C9H11N3. The third kappa shape index (κ3) is 1.69. The normalized spacial score (nSPS) is 16.5. The lowest BCUT2D eigenvalue weighted by Crippen LogP contribution is -2.21. The summed E-state index contributed by atoms with van der Waals surface area (Å²) in [6.07, 6.45) is 0. The lowest BCUT2D eigenvalue weighted by Gasteiger charge is -1.93. The van der Waals surface area contributed by atoms with E-state index in [9.17, 15) is 0 Å². The Morgan fingerprint density at radius 3 is 2.33 bits per heavy atom. The summed E-state index contributed by atoms with van der Waals surface area (Å²) in [6.45, 7) is 1.68. The maximum atomic E-state index is 4.45. The molecule has 3 nitrogen and oxygen atoms in total. The molecule has 0 saturated carbocycles. The number of rotatable bonds is 1. The van der Waals surface area contributed by atoms with Gasteiger partial charge in [0.25, 0.3) is 0 Å². The number of para-hydroxylation sites is 1. The molecule has 2 rings (SSSR count). The zero-order valence-electron chi connectivity index (χ0n) is 6.75. The fourth-order valence-electron chi connectivity index (χ4n) is 1.16. The molecule has 0 aliphatic carbocycles. The molecule has 12 heavy (non-hydrogen) atoms. The molecule has 0 bridgehead atoms. The standard InChI is InChI=1S/C9H11N3/c1-2-4-8(5-3-1)12-9-6-10-11-7-9/h1-5,10-11H,6-7H2. The SMILES string of the molecule is c1ccc(N=C2CNNC2)cc1. The van der Waals surface area contributed by atoms with Crippen molar-refractivity contribution >= 4 is 11.4 Å². The van der Waals surface area contributed by atoms with Crippen LogP contribution >= 0.6 is 0 Å². The predicted octanol–water partition coefficient (Wildman–Crippen LogP) is 0.867. The van der Waals surface area contributed by atoms with Crippen molar-refractivity contribution in [2.24, 2.45) is 4.99 Å². The van der Waals surface area contributed by atoms with Gasteiger partial charge in [0, 0.05) is 18.8 Å². The fraction of sp³-hybridized carbons (Fsp3) is 0.222. The highest BCUT2D eigenvalue weighted by Crippen LogP contribution is 2.09. The first kappa shape index (κ1) is 7.46. The Bertz CT molecular complexity index is 271. The molecule has 2 N–H and O–H groups in total. The second kappa shape index (κ2) is 3.47. The number of hydrogen-bond acceptors (Lipinski definition) is 3. The van der Waals surface area contributed by atoms with Crippen molar-refractivity contribution in [1.29, 1.82) is 0 Å². The van der Waals surface area contributed by atoms with Crippen LogP contribution in [0, 0.1) is 0 Å². The highest BCUT2D eigenvalue weighted by atomic mass is 15.4. The zero-order valence-corrected chi connectivity index (χ0v) is 6.75. The Kier molecular flexibility index (Phi) is 2.16. The molecule has 1 saturated heterocycles. The van der Waals surface area contributed by atoms with Crippen LogP contribution in [-0.2, 0) is 0 Å². The van der Waals surface area contributed by atoms with Crippen LogP contribution < -0.4 is 10.9 Å². The molecule has 1 aromatic rings. The van der Waals surface area contributed by atoms with Crippen LogP contribution in [0.25, 0.3) is 0 Å². The van der Waals surface area contributed by atoms with E-state index in [0.717, 1.165) is 24.5 Å². The average Bonchev–Trinajstić information content (AvgIpc) is 2.59. The summed E-state index contributed by atoms with van der Waals surface area (Å²) < 4.78 is 0. The minimum atomic E-state index is 0.842. The summed E-state index contributed by atoms with van der Waals surface area (Å²) >= 11 is 0. The van der Waals surface area contributed by atoms with Gasteiger partial charge in [0.15, 0.2) is 0 Å². The van der Waals surface area contributed by atoms with Crippen molar-refractivity contribution in [3.63, 3.8) is 0 Å². The molecular weight excluding hydrogens is 150 g/mol. The summed E-state index contributed by atoms with van der Waals surface area (Å²) in [6, 6.07) is 10.00. The molecule has 0 atom stereocenters. The van der Waals surface area contributed by atoms with Crippen molar-refractivity contribution < 1.29 is 0 Å². The van der Waals surface area contributed by atoms with E-state index in [0.29, 0.717) is 0 Å². The zero-order chi connectivity index (χ0) is 8.23. The van der Waals surface area contributed by atoms with Crippen molar-refractivity contribution in [1.82, 2.24) is 10.9 Å². The number of hydrogen-bond donors (Lipinski definition) is 2. The largest absolute Gasteiger partial charge is 0.255 e. The van der Waals surface area contributed by atoms with Crippen LogP contribution in [0.4, 0.5) is 5.69 Å². The van der Waals surface area contributed by atoms with Gasteiger partial charge in [-0.15, -0.1) is 0 Å². The smallest absolute Gasteiger partial charge is 0.0630 e. The van der Waals surface area contributed by atoms with E-state index in [2.05, 4.69) is 15.8 Å². The van der Waals surface area contributed by atoms with Crippen LogP contribution in [0.1, 0.15) is 0 Å². The van der Waals surface area contributed by atoms with Gasteiger partial charge in [0.05, 0.1) is 5.69 Å². The summed E-state index contributed by atoms with van der Waals surface area (Å²) in [5.41, 5.74) is 8.20. The van der Waals surface area contributed by atoms with Crippen molar-refractivity contribution in [3.05, 3.63) is 30.3 Å². The van der Waals surface area contributed by atoms with Crippen LogP contribution in [-0.4, -0.2) is 18.8 Å². The molecule has 1 aromatic carbocycles. The monoisotopic (exact) mass is 161 g/mol. The number of hydrazine groups is 1. The van der Waals surface area contributed by atoms with Gasteiger partial charge in [-0.05, 0) is 12.1 Å². The Balaban J connectivity index is 2.16.